The minimum Gasteiger partial charge on any atom is -0.480 e. The van der Waals surface area contributed by atoms with E-state index in [9.17, 15) is 18.4 Å². The summed E-state index contributed by atoms with van der Waals surface area (Å²) in [4.78, 5) is 29.4. The summed E-state index contributed by atoms with van der Waals surface area (Å²) in [6.45, 7) is -0.537. The van der Waals surface area contributed by atoms with Crippen molar-refractivity contribution in [2.45, 2.75) is 13.1 Å². The van der Waals surface area contributed by atoms with Gasteiger partial charge in [0.25, 0.3) is 12.0 Å². The number of carbonyl (C=O) groups is 1. The first-order valence-electron chi connectivity index (χ1n) is 9.31. The van der Waals surface area contributed by atoms with Crippen LogP contribution in [0.2, 0.25) is 0 Å². The summed E-state index contributed by atoms with van der Waals surface area (Å²) < 4.78 is 33.2. The molecule has 1 aliphatic rings. The fourth-order valence-electron chi connectivity index (χ4n) is 2.83. The summed E-state index contributed by atoms with van der Waals surface area (Å²) in [7, 11) is 0. The van der Waals surface area contributed by atoms with Crippen LogP contribution in [0.5, 0.6) is 5.75 Å². The molecule has 0 fully saturated rings. The summed E-state index contributed by atoms with van der Waals surface area (Å²) >= 11 is 1.39. The summed E-state index contributed by atoms with van der Waals surface area (Å²) in [5.74, 6) is 6.57. The number of halogens is 2. The standard InChI is InChI=1S/C20H16F2N6O3S/c21-18(22)13(6-23)8-28-20(30)27(11-25-28)9-15-4-3-14(32-15)2-1-12-5-16-19(24-7-12)26-17(29)10-31-16/h3-5,7,11H,6,8-10,23H2,(H,24,26,29). The number of amides is 1. The lowest BCUT2D eigenvalue weighted by Gasteiger charge is -2.16. The third-order valence-corrected chi connectivity index (χ3v) is 5.42. The van der Waals surface area contributed by atoms with Gasteiger partial charge in [-0.2, -0.15) is 13.9 Å². The number of fused-ring (bicyclic) bond motifs is 1. The number of rotatable bonds is 5. The predicted octanol–water partition coefficient (Wildman–Crippen LogP) is 1.39. The Labute approximate surface area is 184 Å². The van der Waals surface area contributed by atoms with E-state index in [0.717, 1.165) is 14.4 Å². The van der Waals surface area contributed by atoms with Crippen molar-refractivity contribution in [2.24, 2.45) is 5.73 Å². The van der Waals surface area contributed by atoms with E-state index in [-0.39, 0.29) is 37.7 Å². The normalized spacial score (nSPS) is 12.3. The van der Waals surface area contributed by atoms with Crippen LogP contribution in [-0.2, 0) is 17.9 Å². The Hall–Kier alpha value is -3.82. The number of thiophene rings is 1. The molecule has 3 aromatic rings. The van der Waals surface area contributed by atoms with Gasteiger partial charge in [-0.15, -0.1) is 11.3 Å². The molecule has 4 heterocycles. The van der Waals surface area contributed by atoms with Gasteiger partial charge in [0.05, 0.1) is 18.0 Å². The number of ether oxygens (including phenoxy) is 1. The van der Waals surface area contributed by atoms with Gasteiger partial charge in [-0.05, 0) is 12.1 Å². The monoisotopic (exact) mass is 458 g/mol. The molecule has 0 unspecified atom stereocenters. The van der Waals surface area contributed by atoms with Crippen LogP contribution in [0.4, 0.5) is 14.6 Å². The SMILES string of the molecule is NCC(Cn1ncn(Cc2ccc(C#Cc3cnc4c(c3)OCC(=O)N4)s2)c1=O)=C(F)F. The van der Waals surface area contributed by atoms with Crippen molar-refractivity contribution in [3.8, 4) is 17.6 Å². The van der Waals surface area contributed by atoms with E-state index in [2.05, 4.69) is 27.2 Å². The van der Waals surface area contributed by atoms with E-state index in [4.69, 9.17) is 10.5 Å². The van der Waals surface area contributed by atoms with Gasteiger partial charge in [0.15, 0.2) is 18.2 Å². The molecule has 4 rings (SSSR count). The van der Waals surface area contributed by atoms with Crippen LogP contribution in [0.3, 0.4) is 0 Å². The van der Waals surface area contributed by atoms with E-state index < -0.39 is 11.8 Å². The molecular formula is C20H16F2N6O3S. The van der Waals surface area contributed by atoms with Crippen LogP contribution < -0.4 is 21.5 Å². The van der Waals surface area contributed by atoms with Crippen molar-refractivity contribution in [1.82, 2.24) is 19.3 Å². The topological polar surface area (TPSA) is 117 Å². The molecule has 0 aromatic carbocycles. The molecule has 0 bridgehead atoms. The molecule has 0 atom stereocenters. The highest BCUT2D eigenvalue weighted by Gasteiger charge is 2.17. The zero-order valence-corrected chi connectivity index (χ0v) is 17.3. The van der Waals surface area contributed by atoms with Crippen molar-refractivity contribution >= 4 is 23.1 Å². The summed E-state index contributed by atoms with van der Waals surface area (Å²) in [5.41, 5.74) is 5.06. The van der Waals surface area contributed by atoms with Crippen LogP contribution in [0, 0.1) is 11.8 Å². The molecule has 0 spiro atoms. The molecular weight excluding hydrogens is 442 g/mol. The molecule has 32 heavy (non-hydrogen) atoms. The van der Waals surface area contributed by atoms with Crippen molar-refractivity contribution < 1.29 is 18.3 Å². The van der Waals surface area contributed by atoms with Gasteiger partial charge in [-0.3, -0.25) is 9.36 Å². The highest BCUT2D eigenvalue weighted by molar-refractivity contribution is 7.12. The quantitative estimate of drug-likeness (QED) is 0.558. The Kier molecular flexibility index (Phi) is 6.11. The maximum absolute atomic E-state index is 12.8. The Morgan fingerprint density at radius 2 is 2.16 bits per heavy atom. The number of nitrogens with one attached hydrogen (secondary N) is 1. The van der Waals surface area contributed by atoms with Crippen LogP contribution in [0.25, 0.3) is 0 Å². The smallest absolute Gasteiger partial charge is 0.346 e. The lowest BCUT2D eigenvalue weighted by atomic mass is 10.2. The van der Waals surface area contributed by atoms with Crippen LogP contribution in [0.15, 0.2) is 47.2 Å². The molecule has 0 saturated carbocycles. The van der Waals surface area contributed by atoms with Crippen LogP contribution in [0.1, 0.15) is 15.3 Å². The number of nitrogens with two attached hydrogens (primary N) is 1. The summed E-state index contributed by atoms with van der Waals surface area (Å²) in [5, 5.41) is 6.49. The fraction of sp³-hybridized carbons (Fsp3) is 0.200. The lowest BCUT2D eigenvalue weighted by Crippen LogP contribution is -2.27. The number of pyridine rings is 1. The molecule has 0 radical (unpaired) electrons. The van der Waals surface area contributed by atoms with Crippen molar-refractivity contribution in [1.29, 1.82) is 0 Å². The van der Waals surface area contributed by atoms with Gasteiger partial charge in [0.2, 0.25) is 0 Å². The van der Waals surface area contributed by atoms with E-state index in [1.807, 2.05) is 12.1 Å². The summed E-state index contributed by atoms with van der Waals surface area (Å²) in [6, 6.07) is 5.34. The first-order chi connectivity index (χ1) is 15.4. The average Bonchev–Trinajstić information content (AvgIpc) is 3.37. The molecule has 3 N–H and O–H groups in total. The first-order valence-corrected chi connectivity index (χ1v) is 10.1. The maximum atomic E-state index is 12.8. The van der Waals surface area contributed by atoms with Gasteiger partial charge in [0.1, 0.15) is 6.33 Å². The van der Waals surface area contributed by atoms with Crippen molar-refractivity contribution in [2.75, 3.05) is 18.5 Å². The number of anilines is 1. The highest BCUT2D eigenvalue weighted by atomic mass is 32.1. The van der Waals surface area contributed by atoms with Gasteiger partial charge in [-0.1, -0.05) is 11.8 Å². The first kappa shape index (κ1) is 21.4. The molecule has 3 aromatic heterocycles. The molecule has 1 amide bonds. The largest absolute Gasteiger partial charge is 0.480 e. The molecule has 0 saturated heterocycles. The zero-order valence-electron chi connectivity index (χ0n) is 16.5. The molecule has 164 valence electrons. The van der Waals surface area contributed by atoms with E-state index in [1.54, 1.807) is 6.07 Å². The second-order valence-corrected chi connectivity index (χ2v) is 7.86. The second-order valence-electron chi connectivity index (χ2n) is 6.69. The minimum absolute atomic E-state index is 0.0671. The van der Waals surface area contributed by atoms with Crippen molar-refractivity contribution in [3.63, 3.8) is 0 Å². The number of carbonyl (C=O) groups excluding carboxylic acids is 1. The van der Waals surface area contributed by atoms with Gasteiger partial charge in [-0.25, -0.2) is 14.5 Å². The minimum atomic E-state index is -1.90. The molecule has 1 aliphatic heterocycles. The molecule has 0 aliphatic carbocycles. The average molecular weight is 458 g/mol. The predicted molar refractivity (Wildman–Crippen MR) is 113 cm³/mol. The maximum Gasteiger partial charge on any atom is 0.346 e. The Bertz CT molecular complexity index is 1330. The highest BCUT2D eigenvalue weighted by Crippen LogP contribution is 2.25. The third kappa shape index (κ3) is 4.74. The molecule has 12 heteroatoms. The van der Waals surface area contributed by atoms with E-state index in [1.165, 1.54) is 28.4 Å². The fourth-order valence-corrected chi connectivity index (χ4v) is 3.69. The number of hydrogen-bond donors (Lipinski definition) is 2. The Morgan fingerprint density at radius 3 is 2.94 bits per heavy atom. The van der Waals surface area contributed by atoms with Gasteiger partial charge >= 0.3 is 5.69 Å². The van der Waals surface area contributed by atoms with E-state index in [0.29, 0.717) is 17.1 Å². The van der Waals surface area contributed by atoms with E-state index >= 15 is 0 Å². The summed E-state index contributed by atoms with van der Waals surface area (Å²) in [6.07, 6.45) is 0.934. The lowest BCUT2D eigenvalue weighted by molar-refractivity contribution is -0.118. The van der Waals surface area contributed by atoms with Gasteiger partial charge < -0.3 is 15.8 Å². The number of hydrogen-bond acceptors (Lipinski definition) is 7. The van der Waals surface area contributed by atoms with Crippen LogP contribution in [-0.4, -0.2) is 38.4 Å². The third-order valence-electron chi connectivity index (χ3n) is 4.44. The number of nitrogens with zero attached hydrogens (tertiary/aromatic N) is 4. The number of aromatic nitrogens is 4. The Morgan fingerprint density at radius 1 is 1.31 bits per heavy atom. The zero-order chi connectivity index (χ0) is 22.7. The van der Waals surface area contributed by atoms with Crippen LogP contribution >= 0.6 is 11.3 Å². The Balaban J connectivity index is 1.45. The molecule has 9 nitrogen and oxygen atoms in total. The second kappa shape index (κ2) is 9.13. The van der Waals surface area contributed by atoms with Crippen molar-refractivity contribution in [3.05, 3.63) is 68.2 Å². The van der Waals surface area contributed by atoms with Gasteiger partial charge in [0, 0.05) is 34.8 Å².